The van der Waals surface area contributed by atoms with Gasteiger partial charge < -0.3 is 10.2 Å². The van der Waals surface area contributed by atoms with E-state index < -0.39 is 0 Å². The van der Waals surface area contributed by atoms with Gasteiger partial charge in [0.1, 0.15) is 4.32 Å². The van der Waals surface area contributed by atoms with Crippen molar-refractivity contribution in [3.63, 3.8) is 0 Å². The van der Waals surface area contributed by atoms with Crippen LogP contribution in [-0.4, -0.2) is 45.5 Å². The van der Waals surface area contributed by atoms with Crippen molar-refractivity contribution in [2.75, 3.05) is 13.1 Å². The second-order valence-corrected chi connectivity index (χ2v) is 7.64. The number of nitrogens with one attached hydrogen (secondary N) is 2. The van der Waals surface area contributed by atoms with Crippen molar-refractivity contribution in [2.45, 2.75) is 56.7 Å². The summed E-state index contributed by atoms with van der Waals surface area (Å²) in [6.07, 6.45) is 6.62. The topological polar surface area (TPSA) is 61.4 Å². The van der Waals surface area contributed by atoms with Gasteiger partial charge in [0.2, 0.25) is 5.91 Å². The Morgan fingerprint density at radius 3 is 2.43 bits per heavy atom. The third-order valence-electron chi connectivity index (χ3n) is 3.94. The van der Waals surface area contributed by atoms with Gasteiger partial charge in [-0.1, -0.05) is 36.8 Å². The number of rotatable bonds is 3. The molecule has 0 aromatic rings. The highest BCUT2D eigenvalue weighted by atomic mass is 32.2. The van der Waals surface area contributed by atoms with Crippen molar-refractivity contribution >= 4 is 40.2 Å². The zero-order valence-corrected chi connectivity index (χ0v) is 14.0. The van der Waals surface area contributed by atoms with E-state index in [1.807, 2.05) is 0 Å². The van der Waals surface area contributed by atoms with E-state index in [-0.39, 0.29) is 23.2 Å². The molecular weight excluding hydrogens is 306 g/mol. The predicted molar refractivity (Wildman–Crippen MR) is 89.4 cm³/mol. The van der Waals surface area contributed by atoms with E-state index in [1.54, 1.807) is 6.92 Å². The lowest BCUT2D eigenvalue weighted by Gasteiger charge is -2.20. The summed E-state index contributed by atoms with van der Waals surface area (Å²) in [6.45, 7) is 3.73. The minimum Gasteiger partial charge on any atom is -0.358 e. The first-order chi connectivity index (χ1) is 10.1. The number of carbonyl (C=O) groups excluding carboxylic acids is 2. The number of amides is 3. The molecule has 1 aliphatic carbocycles. The van der Waals surface area contributed by atoms with Crippen molar-refractivity contribution in [1.82, 2.24) is 15.5 Å². The lowest BCUT2D eigenvalue weighted by Crippen LogP contribution is -2.46. The average Bonchev–Trinajstić information content (AvgIpc) is 3.10. The number of thiocarbonyl (C=S) groups is 1. The van der Waals surface area contributed by atoms with Crippen LogP contribution < -0.4 is 10.6 Å². The van der Waals surface area contributed by atoms with E-state index in [0.717, 1.165) is 55.9 Å². The van der Waals surface area contributed by atoms with Gasteiger partial charge in [-0.2, -0.15) is 0 Å². The summed E-state index contributed by atoms with van der Waals surface area (Å²) in [5.74, 6) is -0.281. The maximum atomic E-state index is 12.0. The summed E-state index contributed by atoms with van der Waals surface area (Å²) in [4.78, 5) is 25.9. The van der Waals surface area contributed by atoms with Gasteiger partial charge in [0, 0.05) is 19.1 Å². The van der Waals surface area contributed by atoms with Gasteiger partial charge in [0.05, 0.1) is 5.25 Å². The summed E-state index contributed by atoms with van der Waals surface area (Å²) in [5, 5.41) is 4.91. The maximum Gasteiger partial charge on any atom is 0.321 e. The van der Waals surface area contributed by atoms with Gasteiger partial charge in [-0.3, -0.25) is 10.1 Å². The molecule has 0 radical (unpaired) electrons. The number of thioether (sulfide) groups is 1. The van der Waals surface area contributed by atoms with Crippen LogP contribution in [0.15, 0.2) is 0 Å². The van der Waals surface area contributed by atoms with Crippen LogP contribution in [0.25, 0.3) is 0 Å². The molecule has 3 amide bonds. The van der Waals surface area contributed by atoms with Crippen molar-refractivity contribution in [3.05, 3.63) is 0 Å². The van der Waals surface area contributed by atoms with Crippen molar-refractivity contribution < 1.29 is 9.59 Å². The molecule has 0 aromatic carbocycles. The predicted octanol–water partition coefficient (Wildman–Crippen LogP) is 2.26. The Balaban J connectivity index is 1.70. The number of hydrogen-bond donors (Lipinski definition) is 2. The highest BCUT2D eigenvalue weighted by Gasteiger charge is 2.23. The van der Waals surface area contributed by atoms with Gasteiger partial charge in [-0.15, -0.1) is 0 Å². The molecule has 2 N–H and O–H groups in total. The number of hydrogen-bond acceptors (Lipinski definition) is 4. The van der Waals surface area contributed by atoms with Crippen molar-refractivity contribution in [1.29, 1.82) is 0 Å². The monoisotopic (exact) mass is 329 g/mol. The first-order valence-corrected chi connectivity index (χ1v) is 8.92. The van der Waals surface area contributed by atoms with E-state index in [1.165, 1.54) is 11.8 Å². The quantitative estimate of drug-likeness (QED) is 0.778. The molecule has 0 spiro atoms. The molecule has 2 fully saturated rings. The highest BCUT2D eigenvalue weighted by molar-refractivity contribution is 8.23. The number of nitrogens with zero attached hydrogens (tertiary/aromatic N) is 1. The first kappa shape index (κ1) is 16.5. The highest BCUT2D eigenvalue weighted by Crippen LogP contribution is 2.20. The van der Waals surface area contributed by atoms with Crippen LogP contribution in [0.3, 0.4) is 0 Å². The number of urea groups is 1. The fourth-order valence-corrected chi connectivity index (χ4v) is 4.10. The van der Waals surface area contributed by atoms with Crippen LogP contribution in [0.5, 0.6) is 0 Å². The Labute approximate surface area is 135 Å². The number of carbonyl (C=O) groups is 2. The second-order valence-electron chi connectivity index (χ2n) is 5.66. The minimum absolute atomic E-state index is 0.214. The first-order valence-electron chi connectivity index (χ1n) is 7.63. The zero-order valence-electron chi connectivity index (χ0n) is 12.4. The standard InChI is InChI=1S/C14H23N3O2S2/c1-10(21-14(20)17-8-4-5-9-17)12(18)16-13(19)15-11-6-2-3-7-11/h10-11H,2-9H2,1H3,(H2,15,16,18,19)/t10-/m1/s1. The molecule has 1 saturated heterocycles. The van der Waals surface area contributed by atoms with Crippen molar-refractivity contribution in [3.8, 4) is 0 Å². The van der Waals surface area contributed by atoms with Crippen LogP contribution in [0.1, 0.15) is 45.4 Å². The molecule has 7 heteroatoms. The Bertz CT molecular complexity index is 405. The SMILES string of the molecule is C[C@@H](SC(=S)N1CCCC1)C(=O)NC(=O)NC1CCCC1. The molecule has 5 nitrogen and oxygen atoms in total. The van der Waals surface area contributed by atoms with E-state index in [2.05, 4.69) is 15.5 Å². The van der Waals surface area contributed by atoms with Crippen LogP contribution in [0.4, 0.5) is 4.79 Å². The number of imide groups is 1. The summed E-state index contributed by atoms with van der Waals surface area (Å²) in [6, 6.07) is -0.169. The molecule has 2 aliphatic rings. The normalized spacial score (nSPS) is 20.3. The van der Waals surface area contributed by atoms with Gasteiger partial charge >= 0.3 is 6.03 Å². The minimum atomic E-state index is -0.383. The molecule has 1 saturated carbocycles. The molecule has 21 heavy (non-hydrogen) atoms. The second kappa shape index (κ2) is 7.98. The largest absolute Gasteiger partial charge is 0.358 e. The van der Waals surface area contributed by atoms with E-state index in [0.29, 0.717) is 0 Å². The van der Waals surface area contributed by atoms with E-state index in [4.69, 9.17) is 12.2 Å². The Kier molecular flexibility index (Phi) is 6.29. The fraction of sp³-hybridized carbons (Fsp3) is 0.786. The Morgan fingerprint density at radius 2 is 1.81 bits per heavy atom. The maximum absolute atomic E-state index is 12.0. The molecule has 1 atom stereocenters. The van der Waals surface area contributed by atoms with E-state index in [9.17, 15) is 9.59 Å². The molecule has 1 heterocycles. The Hall–Kier alpha value is -0.820. The average molecular weight is 329 g/mol. The smallest absolute Gasteiger partial charge is 0.321 e. The number of likely N-dealkylation sites (tertiary alicyclic amines) is 1. The van der Waals surface area contributed by atoms with Gasteiger partial charge in [0.25, 0.3) is 0 Å². The zero-order chi connectivity index (χ0) is 15.2. The van der Waals surface area contributed by atoms with E-state index >= 15 is 0 Å². The Morgan fingerprint density at radius 1 is 1.19 bits per heavy atom. The van der Waals surface area contributed by atoms with Crippen LogP contribution in [0.2, 0.25) is 0 Å². The molecule has 1 aliphatic heterocycles. The van der Waals surface area contributed by atoms with Gasteiger partial charge in [0.15, 0.2) is 0 Å². The summed E-state index contributed by atoms with van der Waals surface area (Å²) in [7, 11) is 0. The third-order valence-corrected chi connectivity index (χ3v) is 5.51. The van der Waals surface area contributed by atoms with Crippen LogP contribution >= 0.6 is 24.0 Å². The van der Waals surface area contributed by atoms with Crippen LogP contribution in [0, 0.1) is 0 Å². The molecule has 0 bridgehead atoms. The molecule has 0 unspecified atom stereocenters. The van der Waals surface area contributed by atoms with Gasteiger partial charge in [-0.05, 0) is 32.6 Å². The lowest BCUT2D eigenvalue weighted by atomic mass is 10.2. The lowest BCUT2D eigenvalue weighted by molar-refractivity contribution is -0.119. The molecule has 2 rings (SSSR count). The molecule has 0 aromatic heterocycles. The molecule has 118 valence electrons. The summed E-state index contributed by atoms with van der Waals surface area (Å²) < 4.78 is 0.756. The van der Waals surface area contributed by atoms with Crippen molar-refractivity contribution in [2.24, 2.45) is 0 Å². The molecular formula is C14H23N3O2S2. The van der Waals surface area contributed by atoms with Gasteiger partial charge in [-0.25, -0.2) is 4.79 Å². The third kappa shape index (κ3) is 5.14. The fourth-order valence-electron chi connectivity index (χ4n) is 2.68. The summed E-state index contributed by atoms with van der Waals surface area (Å²) in [5.41, 5.74) is 0. The summed E-state index contributed by atoms with van der Waals surface area (Å²) >= 11 is 6.70. The van der Waals surface area contributed by atoms with Crippen LogP contribution in [-0.2, 0) is 4.79 Å².